The van der Waals surface area contributed by atoms with E-state index in [4.69, 9.17) is 10.7 Å². The minimum atomic E-state index is -0.621. The van der Waals surface area contributed by atoms with E-state index in [0.29, 0.717) is 5.56 Å². The molecule has 0 unspecified atom stereocenters. The second-order valence-corrected chi connectivity index (χ2v) is 3.70. The summed E-state index contributed by atoms with van der Waals surface area (Å²) in [5, 5.41) is 0. The Balaban J connectivity index is 3.08. The van der Waals surface area contributed by atoms with Crippen molar-refractivity contribution in [2.75, 3.05) is 7.11 Å². The van der Waals surface area contributed by atoms with E-state index in [2.05, 4.69) is 4.74 Å². The van der Waals surface area contributed by atoms with Crippen LogP contribution in [0.3, 0.4) is 0 Å². The van der Waals surface area contributed by atoms with Gasteiger partial charge in [0.05, 0.1) is 12.7 Å². The van der Waals surface area contributed by atoms with Crippen LogP contribution in [-0.4, -0.2) is 13.1 Å². The number of carbonyl (C=O) groups is 1. The van der Waals surface area contributed by atoms with E-state index in [0.717, 1.165) is 5.56 Å². The highest BCUT2D eigenvalue weighted by Gasteiger charge is 2.21. The highest BCUT2D eigenvalue weighted by atomic mass is 16.6. The van der Waals surface area contributed by atoms with Crippen LogP contribution in [0.5, 0.6) is 0 Å². The maximum absolute atomic E-state index is 11.3. The van der Waals surface area contributed by atoms with E-state index in [1.54, 1.807) is 18.2 Å². The molecule has 82 valence electrons. The third kappa shape index (κ3) is 2.55. The van der Waals surface area contributed by atoms with Gasteiger partial charge in [0.15, 0.2) is 0 Å². The first-order chi connectivity index (χ1) is 7.01. The zero-order chi connectivity index (χ0) is 11.5. The molecule has 15 heavy (non-hydrogen) atoms. The number of rotatable bonds is 3. The van der Waals surface area contributed by atoms with E-state index in [1.165, 1.54) is 7.11 Å². The van der Waals surface area contributed by atoms with Gasteiger partial charge in [-0.25, -0.2) is 10.7 Å². The number of methoxy groups -OCH3 is 1. The topological polar surface area (TPSA) is 61.5 Å². The number of hydrogen-bond donors (Lipinski definition) is 1. The normalized spacial score (nSPS) is 11.2. The monoisotopic (exact) mass is 209 g/mol. The van der Waals surface area contributed by atoms with Crippen LogP contribution in [0.2, 0.25) is 0 Å². The Morgan fingerprint density at radius 1 is 1.40 bits per heavy atom. The Hall–Kier alpha value is -1.39. The van der Waals surface area contributed by atoms with Crippen LogP contribution < -0.4 is 5.90 Å². The molecule has 0 bridgehead atoms. The Bertz CT molecular complexity index is 361. The fourth-order valence-electron chi connectivity index (χ4n) is 1.21. The minimum absolute atomic E-state index is 0.371. The van der Waals surface area contributed by atoms with Gasteiger partial charge in [-0.3, -0.25) is 4.84 Å². The van der Waals surface area contributed by atoms with Crippen molar-refractivity contribution < 1.29 is 14.4 Å². The summed E-state index contributed by atoms with van der Waals surface area (Å²) in [6, 6.07) is 7.00. The van der Waals surface area contributed by atoms with Crippen molar-refractivity contribution in [1.82, 2.24) is 0 Å². The standard InChI is InChI=1S/C11H15NO3/c1-11(2,15-12)9-6-4-5-8(7-9)10(13)14-3/h4-7H,12H2,1-3H3. The fraction of sp³-hybridized carbons (Fsp3) is 0.364. The largest absolute Gasteiger partial charge is 0.465 e. The molecule has 0 saturated heterocycles. The molecular formula is C11H15NO3. The van der Waals surface area contributed by atoms with Gasteiger partial charge in [0, 0.05) is 0 Å². The molecule has 0 radical (unpaired) electrons. The van der Waals surface area contributed by atoms with Gasteiger partial charge < -0.3 is 4.74 Å². The quantitative estimate of drug-likeness (QED) is 0.606. The number of esters is 1. The Labute approximate surface area is 88.9 Å². The first-order valence-electron chi connectivity index (χ1n) is 4.58. The second-order valence-electron chi connectivity index (χ2n) is 3.70. The summed E-state index contributed by atoms with van der Waals surface area (Å²) in [6.45, 7) is 3.65. The molecule has 0 aromatic heterocycles. The summed E-state index contributed by atoms with van der Waals surface area (Å²) in [6.07, 6.45) is 0. The lowest BCUT2D eigenvalue weighted by Gasteiger charge is -2.22. The fourth-order valence-corrected chi connectivity index (χ4v) is 1.21. The molecule has 4 nitrogen and oxygen atoms in total. The molecule has 0 aliphatic heterocycles. The number of nitrogens with two attached hydrogens (primary N) is 1. The van der Waals surface area contributed by atoms with Crippen molar-refractivity contribution in [3.63, 3.8) is 0 Å². The van der Waals surface area contributed by atoms with Gasteiger partial charge in [-0.15, -0.1) is 0 Å². The summed E-state index contributed by atoms with van der Waals surface area (Å²) in [5.41, 5.74) is 0.692. The van der Waals surface area contributed by atoms with Gasteiger partial charge >= 0.3 is 5.97 Å². The first kappa shape index (κ1) is 11.7. The number of ether oxygens (including phenoxy) is 1. The summed E-state index contributed by atoms with van der Waals surface area (Å²) in [4.78, 5) is 16.1. The van der Waals surface area contributed by atoms with Gasteiger partial charge in [0.2, 0.25) is 0 Å². The van der Waals surface area contributed by atoms with Gasteiger partial charge in [-0.2, -0.15) is 0 Å². The maximum Gasteiger partial charge on any atom is 0.337 e. The minimum Gasteiger partial charge on any atom is -0.465 e. The average molecular weight is 209 g/mol. The van der Waals surface area contributed by atoms with E-state index < -0.39 is 5.60 Å². The summed E-state index contributed by atoms with van der Waals surface area (Å²) >= 11 is 0. The van der Waals surface area contributed by atoms with E-state index >= 15 is 0 Å². The van der Waals surface area contributed by atoms with Crippen LogP contribution in [0.25, 0.3) is 0 Å². The molecule has 0 spiro atoms. The van der Waals surface area contributed by atoms with Crippen molar-refractivity contribution in [2.24, 2.45) is 5.90 Å². The number of carbonyl (C=O) groups excluding carboxylic acids is 1. The molecule has 4 heteroatoms. The predicted molar refractivity (Wildman–Crippen MR) is 56.1 cm³/mol. The van der Waals surface area contributed by atoms with Crippen LogP contribution in [0.15, 0.2) is 24.3 Å². The molecule has 0 amide bonds. The molecule has 1 aromatic rings. The summed E-state index contributed by atoms with van der Waals surface area (Å²) < 4.78 is 4.63. The van der Waals surface area contributed by atoms with Crippen LogP contribution in [0.1, 0.15) is 29.8 Å². The molecule has 1 rings (SSSR count). The molecule has 0 aliphatic rings. The molecule has 0 atom stereocenters. The van der Waals surface area contributed by atoms with Gasteiger partial charge in [-0.05, 0) is 31.5 Å². The first-order valence-corrected chi connectivity index (χ1v) is 4.58. The van der Waals surface area contributed by atoms with Crippen LogP contribution in [-0.2, 0) is 15.2 Å². The zero-order valence-corrected chi connectivity index (χ0v) is 9.11. The Kier molecular flexibility index (Phi) is 3.44. The van der Waals surface area contributed by atoms with Gasteiger partial charge in [0.1, 0.15) is 5.60 Å². The second kappa shape index (κ2) is 4.42. The molecule has 0 aliphatic carbocycles. The van der Waals surface area contributed by atoms with E-state index in [-0.39, 0.29) is 5.97 Å². The summed E-state index contributed by atoms with van der Waals surface area (Å²) in [5.74, 6) is 4.81. The third-order valence-corrected chi connectivity index (χ3v) is 2.27. The number of hydrogen-bond acceptors (Lipinski definition) is 4. The highest BCUT2D eigenvalue weighted by molar-refractivity contribution is 5.89. The van der Waals surface area contributed by atoms with Crippen molar-refractivity contribution in [2.45, 2.75) is 19.4 Å². The van der Waals surface area contributed by atoms with E-state index in [9.17, 15) is 4.79 Å². The molecule has 0 saturated carbocycles. The van der Waals surface area contributed by atoms with Crippen LogP contribution in [0.4, 0.5) is 0 Å². The van der Waals surface area contributed by atoms with Crippen molar-refractivity contribution in [3.05, 3.63) is 35.4 Å². The lowest BCUT2D eigenvalue weighted by atomic mass is 9.96. The Morgan fingerprint density at radius 2 is 2.07 bits per heavy atom. The van der Waals surface area contributed by atoms with Crippen LogP contribution >= 0.6 is 0 Å². The average Bonchev–Trinajstić information content (AvgIpc) is 2.28. The van der Waals surface area contributed by atoms with Crippen LogP contribution in [0, 0.1) is 0 Å². The summed E-state index contributed by atoms with van der Waals surface area (Å²) in [7, 11) is 1.35. The lowest BCUT2D eigenvalue weighted by molar-refractivity contribution is -0.0236. The molecule has 2 N–H and O–H groups in total. The smallest absolute Gasteiger partial charge is 0.337 e. The Morgan fingerprint density at radius 3 is 2.60 bits per heavy atom. The zero-order valence-electron chi connectivity index (χ0n) is 9.11. The van der Waals surface area contributed by atoms with Gasteiger partial charge in [0.25, 0.3) is 0 Å². The van der Waals surface area contributed by atoms with E-state index in [1.807, 2.05) is 19.9 Å². The lowest BCUT2D eigenvalue weighted by Crippen LogP contribution is -2.25. The predicted octanol–water partition coefficient (Wildman–Crippen LogP) is 1.60. The SMILES string of the molecule is COC(=O)c1cccc(C(C)(C)ON)c1. The highest BCUT2D eigenvalue weighted by Crippen LogP contribution is 2.23. The van der Waals surface area contributed by atoms with Gasteiger partial charge in [-0.1, -0.05) is 12.1 Å². The van der Waals surface area contributed by atoms with Crippen molar-refractivity contribution in [1.29, 1.82) is 0 Å². The third-order valence-electron chi connectivity index (χ3n) is 2.27. The molecule has 0 fully saturated rings. The van der Waals surface area contributed by atoms with Crippen molar-refractivity contribution in [3.8, 4) is 0 Å². The maximum atomic E-state index is 11.3. The molecule has 0 heterocycles. The number of benzene rings is 1. The molecule has 1 aromatic carbocycles. The van der Waals surface area contributed by atoms with Crippen molar-refractivity contribution >= 4 is 5.97 Å². The molecular weight excluding hydrogens is 194 g/mol.